The second kappa shape index (κ2) is 39.7. The number of nitro benzene ring substituents is 1. The number of carboxylic acids is 3. The SMILES string of the molecule is COc1cc(C(C)NC(=O)C(CC(=O)ON2C(=O)CCC2=O)CC(=O)C2CCCN2C(=O)C(CC(=O)O)NC(=O)c2ccc(CN=Cc3ccc(C(=O)ON4C(=O)CCC4=O)cc3)nc2)c([N+](=O)[O-])cc1OCC(=O)NC(CNC(=O)CCCCC1SCC2NC(=O)NC21)C(=O)NC(CC(=O)O)C(=O)CC(CC(=O)O)C(N)=O. The molecule has 42 nitrogen and oxygen atoms in total. The van der Waals surface area contributed by atoms with E-state index in [4.69, 9.17) is 24.9 Å². The molecule has 0 bridgehead atoms. The Hall–Kier alpha value is -12.9. The number of rotatable bonds is 42. The molecule has 12 N–H and O–H groups in total. The van der Waals surface area contributed by atoms with Crippen LogP contribution >= 0.6 is 11.8 Å². The molecule has 0 radical (unpaired) electrons. The van der Waals surface area contributed by atoms with Gasteiger partial charge in [0.15, 0.2) is 29.7 Å². The number of benzene rings is 2. The van der Waals surface area contributed by atoms with Crippen molar-refractivity contribution in [2.75, 3.05) is 32.6 Å². The number of carbonyl (C=O) groups excluding carboxylic acids is 16. The number of ether oxygens (including phenoxy) is 2. The number of carboxylic acid groups (broad SMARTS) is 3. The number of pyridine rings is 1. The third-order valence-corrected chi connectivity index (χ3v) is 20.0. The van der Waals surface area contributed by atoms with Crippen LogP contribution in [0.1, 0.15) is 153 Å². The lowest BCUT2D eigenvalue weighted by Crippen LogP contribution is -2.56. The number of primary amides is 1. The fourth-order valence-electron chi connectivity index (χ4n) is 12.7. The molecule has 1 aromatic heterocycles. The highest BCUT2D eigenvalue weighted by atomic mass is 32.2. The number of hydrogen-bond donors (Lipinski definition) is 11. The van der Waals surface area contributed by atoms with Crippen LogP contribution in [-0.4, -0.2) is 233 Å². The van der Waals surface area contributed by atoms with E-state index >= 15 is 0 Å². The molecule has 43 heteroatoms. The van der Waals surface area contributed by atoms with Gasteiger partial charge in [0.1, 0.15) is 12.1 Å². The van der Waals surface area contributed by atoms with E-state index in [9.17, 15) is 117 Å². The molecule has 6 heterocycles. The second-order valence-electron chi connectivity index (χ2n) is 26.7. The number of nitro groups is 1. The molecule has 0 saturated carbocycles. The smallest absolute Gasteiger partial charge is 0.363 e. The molecule has 5 fully saturated rings. The number of amides is 13. The molecular weight excluding hydrogens is 1520 g/mol. The summed E-state index contributed by atoms with van der Waals surface area (Å²) in [5, 5.41) is 59.9. The normalized spacial score (nSPS) is 18.6. The Balaban J connectivity index is 0.924. The number of imide groups is 2. The molecule has 5 aliphatic heterocycles. The van der Waals surface area contributed by atoms with E-state index < -0.39 is 216 Å². The molecule has 10 atom stereocenters. The van der Waals surface area contributed by atoms with Gasteiger partial charge in [-0.3, -0.25) is 96.8 Å². The van der Waals surface area contributed by atoms with Crippen molar-refractivity contribution in [3.63, 3.8) is 0 Å². The van der Waals surface area contributed by atoms with E-state index in [0.29, 0.717) is 41.3 Å². The van der Waals surface area contributed by atoms with Crippen LogP contribution in [0.2, 0.25) is 0 Å². The first-order valence-electron chi connectivity index (χ1n) is 35.3. The first kappa shape index (κ1) is 85.7. The molecule has 0 aliphatic carbocycles. The number of carbonyl (C=O) groups is 19. The lowest BCUT2D eigenvalue weighted by Gasteiger charge is -2.29. The Kier molecular flexibility index (Phi) is 30.1. The summed E-state index contributed by atoms with van der Waals surface area (Å²) in [4.78, 5) is 277. The summed E-state index contributed by atoms with van der Waals surface area (Å²) in [5.41, 5.74) is 4.92. The van der Waals surface area contributed by atoms with Gasteiger partial charge in [-0.25, -0.2) is 14.4 Å². The number of thioether (sulfide) groups is 1. The van der Waals surface area contributed by atoms with E-state index in [0.717, 1.165) is 30.3 Å². The average molecular weight is 1600 g/mol. The number of hydroxylamine groups is 4. The topological polar surface area (TPSA) is 610 Å². The molecule has 13 amide bonds. The molecule has 604 valence electrons. The minimum Gasteiger partial charge on any atom is -0.493 e. The van der Waals surface area contributed by atoms with Crippen molar-refractivity contribution in [1.29, 1.82) is 0 Å². The Morgan fingerprint density at radius 1 is 0.726 bits per heavy atom. The zero-order valence-corrected chi connectivity index (χ0v) is 61.4. The van der Waals surface area contributed by atoms with Crippen molar-refractivity contribution in [1.82, 2.24) is 57.2 Å². The first-order chi connectivity index (χ1) is 53.7. The number of nitrogens with two attached hydrogens (primary N) is 1. The zero-order valence-electron chi connectivity index (χ0n) is 60.6. The monoisotopic (exact) mass is 1600 g/mol. The van der Waals surface area contributed by atoms with Gasteiger partial charge in [-0.05, 0) is 68.5 Å². The highest BCUT2D eigenvalue weighted by Crippen LogP contribution is 2.39. The number of aliphatic imine (C=N–C) groups is 1. The van der Waals surface area contributed by atoms with Gasteiger partial charge in [-0.15, -0.1) is 10.1 Å². The number of ketones is 2. The van der Waals surface area contributed by atoms with Crippen LogP contribution < -0.4 is 52.4 Å². The van der Waals surface area contributed by atoms with Crippen LogP contribution in [0, 0.1) is 22.0 Å². The summed E-state index contributed by atoms with van der Waals surface area (Å²) in [7, 11) is 1.07. The molecule has 3 aromatic rings. The maximum atomic E-state index is 14.5. The summed E-state index contributed by atoms with van der Waals surface area (Å²) in [5.74, 6) is -23.3. The molecule has 5 saturated heterocycles. The minimum atomic E-state index is -1.96. The van der Waals surface area contributed by atoms with E-state index in [1.807, 2.05) is 0 Å². The number of nitrogens with zero attached hydrogens (tertiary/aromatic N) is 6. The molecule has 10 unspecified atom stereocenters. The summed E-state index contributed by atoms with van der Waals surface area (Å²) < 4.78 is 11.1. The standard InChI is InChI=1S/C70H80N14O28S/c1-34(41-24-50(109-2)51(27-47(41)84(107)108)110-32-54(88)76-44(31-74-53(87)8-4-3-7-52-63-45(33-113-52)79-70(106)80-63)67(103)77-42(25-60(95)96)48(85)20-38(64(71)100)22-59(93)94)75-66(102)39(23-62(99)111-82-55(89)15-16-56(82)90)21-49(86)46-6-5-19-81(46)68(104)43(26-61(97)98)78-65(101)37-13-14-40(73-29-37)30-72-28-35-9-11-36(12-10-35)69(105)112-83-57(91)17-18-58(83)92/h9-14,24,27-29,34,38-39,42-46,52,63H,3-8,15-23,25-26,30-33H2,1-2H3,(H2,71,100)(H,74,87)(H,75,102)(H,76,88)(H,77,103)(H,78,101)(H,93,94)(H,95,96)(H,97,98)(H2,79,80,106). The Morgan fingerprint density at radius 3 is 1.99 bits per heavy atom. The number of fused-ring (bicyclic) bond motifs is 1. The van der Waals surface area contributed by atoms with Gasteiger partial charge in [-0.1, -0.05) is 18.6 Å². The van der Waals surface area contributed by atoms with Crippen LogP contribution in [-0.2, 0) is 92.9 Å². The van der Waals surface area contributed by atoms with Crippen molar-refractivity contribution < 1.29 is 130 Å². The molecule has 5 aliphatic rings. The maximum Gasteiger partial charge on any atom is 0.363 e. The van der Waals surface area contributed by atoms with Gasteiger partial charge in [0.2, 0.25) is 29.5 Å². The van der Waals surface area contributed by atoms with Crippen LogP contribution in [0.25, 0.3) is 0 Å². The third-order valence-electron chi connectivity index (χ3n) is 18.5. The molecule has 8 rings (SSSR count). The quantitative estimate of drug-likeness (QED) is 0.00814. The van der Waals surface area contributed by atoms with Gasteiger partial charge in [0.05, 0.1) is 115 Å². The number of methoxy groups -OCH3 is 1. The highest BCUT2D eigenvalue weighted by Gasteiger charge is 2.45. The second-order valence-corrected chi connectivity index (χ2v) is 27.9. The van der Waals surface area contributed by atoms with E-state index in [-0.39, 0.29) is 109 Å². The van der Waals surface area contributed by atoms with Crippen molar-refractivity contribution in [3.05, 3.63) is 92.8 Å². The number of nitrogens with one attached hydrogen (secondary N) is 7. The van der Waals surface area contributed by atoms with Gasteiger partial charge in [0, 0.05) is 81.4 Å². The predicted octanol–water partition coefficient (Wildman–Crippen LogP) is -0.947. The molecular formula is C70H80N14O28S. The number of hydrogen-bond acceptors (Lipinski definition) is 28. The van der Waals surface area contributed by atoms with Crippen LogP contribution in [0.15, 0.2) is 59.7 Å². The van der Waals surface area contributed by atoms with E-state index in [2.05, 4.69) is 47.2 Å². The highest BCUT2D eigenvalue weighted by molar-refractivity contribution is 8.00. The molecule has 2 aromatic carbocycles. The third kappa shape index (κ3) is 24.1. The van der Waals surface area contributed by atoms with Crippen LogP contribution in [0.4, 0.5) is 10.5 Å². The lowest BCUT2D eigenvalue weighted by atomic mass is 9.93. The predicted molar refractivity (Wildman–Crippen MR) is 381 cm³/mol. The van der Waals surface area contributed by atoms with E-state index in [1.54, 1.807) is 11.8 Å². The number of Topliss-reactive ketones (excluding diaryl/α,β-unsaturated/α-hetero) is 2. The van der Waals surface area contributed by atoms with Gasteiger partial charge < -0.3 is 82.3 Å². The summed E-state index contributed by atoms with van der Waals surface area (Å²) in [6.45, 7) is -0.787. The van der Waals surface area contributed by atoms with Crippen molar-refractivity contribution >= 4 is 136 Å². The van der Waals surface area contributed by atoms with Crippen molar-refractivity contribution in [2.45, 2.75) is 164 Å². The van der Waals surface area contributed by atoms with Gasteiger partial charge >= 0.3 is 35.9 Å². The number of unbranched alkanes of at least 4 members (excludes halogenated alkanes) is 1. The van der Waals surface area contributed by atoms with Crippen molar-refractivity contribution in [2.24, 2.45) is 22.6 Å². The fourth-order valence-corrected chi connectivity index (χ4v) is 14.2. The minimum absolute atomic E-state index is 0.0237. The number of likely N-dealkylation sites (tertiary alicyclic amines) is 1. The number of aliphatic carboxylic acids is 3. The van der Waals surface area contributed by atoms with Crippen LogP contribution in [0.5, 0.6) is 11.5 Å². The lowest BCUT2D eigenvalue weighted by molar-refractivity contribution is -0.385. The molecule has 0 spiro atoms. The Bertz CT molecular complexity index is 4280. The zero-order chi connectivity index (χ0) is 82.5. The van der Waals surface area contributed by atoms with Crippen molar-refractivity contribution in [3.8, 4) is 11.5 Å². The summed E-state index contributed by atoms with van der Waals surface area (Å²) >= 11 is 1.66. The molecule has 113 heavy (non-hydrogen) atoms. The maximum absolute atomic E-state index is 14.5. The van der Waals surface area contributed by atoms with Crippen LogP contribution in [0.3, 0.4) is 0 Å². The van der Waals surface area contributed by atoms with Gasteiger partial charge in [-0.2, -0.15) is 11.8 Å². The van der Waals surface area contributed by atoms with Gasteiger partial charge in [0.25, 0.3) is 41.1 Å². The van der Waals surface area contributed by atoms with E-state index in [1.165, 1.54) is 49.5 Å². The fraction of sp³-hybridized carbons (Fsp3) is 0.471. The number of aromatic nitrogens is 1. The Labute approximate surface area is 644 Å². The Morgan fingerprint density at radius 2 is 1.37 bits per heavy atom. The average Bonchev–Trinajstić information content (AvgIpc) is 1.68. The summed E-state index contributed by atoms with van der Waals surface area (Å²) in [6, 6.07) is 1.38. The number of urea groups is 1. The summed E-state index contributed by atoms with van der Waals surface area (Å²) in [6.07, 6.45) is -2.76. The largest absolute Gasteiger partial charge is 0.493 e. The first-order valence-corrected chi connectivity index (χ1v) is 36.4.